The third kappa shape index (κ3) is 37.3. The van der Waals surface area contributed by atoms with Gasteiger partial charge < -0.3 is 27.9 Å². The first-order valence-electron chi connectivity index (χ1n) is 19.5. The number of nitrogens with zero attached hydrogens (tertiary/aromatic N) is 1. The molecule has 0 radical (unpaired) electrons. The summed E-state index contributed by atoms with van der Waals surface area (Å²) in [4.78, 5) is 37.3. The number of ether oxygens (including phenoxy) is 2. The van der Waals surface area contributed by atoms with E-state index in [0.29, 0.717) is 23.9 Å². The van der Waals surface area contributed by atoms with Crippen LogP contribution >= 0.6 is 7.82 Å². The second kappa shape index (κ2) is 33.5. The van der Waals surface area contributed by atoms with Gasteiger partial charge in [-0.1, -0.05) is 120 Å². The first-order chi connectivity index (χ1) is 24.5. The van der Waals surface area contributed by atoms with E-state index in [2.05, 4.69) is 62.5 Å². The van der Waals surface area contributed by atoms with Crippen LogP contribution in [0, 0.1) is 0 Å². The molecule has 51 heavy (non-hydrogen) atoms. The standard InChI is InChI=1S/C41H72NO8P/c1-6-8-10-12-14-16-18-20-22-23-25-27-29-31-33-40(43)47-37-39(38-49-51(45,46)48-36-35-42(3,4)5)50-41(44)34-32-30-28-26-24-21-19-17-15-13-11-9-7-2/h8,10,14,16,20-22,24,28,30,39H,6-7,9,11-13,15,17-19,23,25-27,29,31-38H2,1-5H3/b10-8+,16-14+,22-20+,24-21+,30-28+. The summed E-state index contributed by atoms with van der Waals surface area (Å²) in [6.07, 6.45) is 38.4. The summed E-state index contributed by atoms with van der Waals surface area (Å²) in [5.74, 6) is -0.947. The summed E-state index contributed by atoms with van der Waals surface area (Å²) in [7, 11) is 1.11. The third-order valence-electron chi connectivity index (χ3n) is 7.79. The molecule has 0 saturated carbocycles. The average Bonchev–Trinajstić information content (AvgIpc) is 3.07. The van der Waals surface area contributed by atoms with E-state index < -0.39 is 32.5 Å². The summed E-state index contributed by atoms with van der Waals surface area (Å²) < 4.78 is 33.6. The molecule has 0 spiro atoms. The fourth-order valence-corrected chi connectivity index (χ4v) is 5.45. The molecule has 0 bridgehead atoms. The maximum absolute atomic E-state index is 12.6. The van der Waals surface area contributed by atoms with E-state index in [1.54, 1.807) is 0 Å². The van der Waals surface area contributed by atoms with Crippen LogP contribution in [-0.2, 0) is 32.7 Å². The second-order valence-electron chi connectivity index (χ2n) is 13.9. The zero-order chi connectivity index (χ0) is 37.9. The number of esters is 2. The Hall–Kier alpha value is -2.29. The predicted octanol–water partition coefficient (Wildman–Crippen LogP) is 9.88. The van der Waals surface area contributed by atoms with Gasteiger partial charge in [0, 0.05) is 12.8 Å². The van der Waals surface area contributed by atoms with E-state index in [4.69, 9.17) is 18.5 Å². The smallest absolute Gasteiger partial charge is 0.306 e. The van der Waals surface area contributed by atoms with E-state index in [1.165, 1.54) is 38.5 Å². The van der Waals surface area contributed by atoms with Crippen LogP contribution in [0.15, 0.2) is 60.8 Å². The number of carbonyl (C=O) groups excluding carboxylic acids is 2. The van der Waals surface area contributed by atoms with Crippen molar-refractivity contribution in [2.75, 3.05) is 47.5 Å². The van der Waals surface area contributed by atoms with Gasteiger partial charge in [-0.25, -0.2) is 0 Å². The SMILES string of the molecule is CC/C=C/C/C=C/C/C=C/CCCCCCC(=O)OCC(COP(=O)([O-])OCC[N+](C)(C)C)OC(=O)CC/C=C/C/C=C/CCCCCCCC. The summed E-state index contributed by atoms with van der Waals surface area (Å²) in [6, 6.07) is 0. The molecule has 0 fully saturated rings. The van der Waals surface area contributed by atoms with Gasteiger partial charge in [0.25, 0.3) is 7.82 Å². The minimum atomic E-state index is -4.64. The van der Waals surface area contributed by atoms with Gasteiger partial charge in [0.05, 0.1) is 27.7 Å². The van der Waals surface area contributed by atoms with Gasteiger partial charge in [-0.15, -0.1) is 0 Å². The lowest BCUT2D eigenvalue weighted by atomic mass is 10.1. The Bertz CT molecular complexity index is 1060. The van der Waals surface area contributed by atoms with Crippen LogP contribution in [0.2, 0.25) is 0 Å². The first-order valence-corrected chi connectivity index (χ1v) is 21.0. The molecule has 10 heteroatoms. The average molecular weight is 738 g/mol. The number of rotatable bonds is 34. The van der Waals surface area contributed by atoms with Crippen LogP contribution in [0.5, 0.6) is 0 Å². The predicted molar refractivity (Wildman–Crippen MR) is 208 cm³/mol. The molecule has 0 aliphatic carbocycles. The lowest BCUT2D eigenvalue weighted by Crippen LogP contribution is -2.37. The van der Waals surface area contributed by atoms with Crippen molar-refractivity contribution < 1.29 is 42.1 Å². The summed E-state index contributed by atoms with van der Waals surface area (Å²) in [5.41, 5.74) is 0. The Balaban J connectivity index is 4.56. The van der Waals surface area contributed by atoms with Gasteiger partial charge in [-0.3, -0.25) is 14.2 Å². The summed E-state index contributed by atoms with van der Waals surface area (Å²) in [6.45, 7) is 3.98. The Kier molecular flexibility index (Phi) is 32.0. The lowest BCUT2D eigenvalue weighted by Gasteiger charge is -2.28. The zero-order valence-corrected chi connectivity index (χ0v) is 33.7. The molecule has 0 saturated heterocycles. The number of phosphoric ester groups is 1. The van der Waals surface area contributed by atoms with Crippen molar-refractivity contribution in [2.24, 2.45) is 0 Å². The van der Waals surface area contributed by atoms with Crippen LogP contribution in [0.4, 0.5) is 0 Å². The van der Waals surface area contributed by atoms with E-state index in [0.717, 1.165) is 57.8 Å². The molecule has 0 aliphatic heterocycles. The highest BCUT2D eigenvalue weighted by Gasteiger charge is 2.21. The van der Waals surface area contributed by atoms with Crippen molar-refractivity contribution in [3.05, 3.63) is 60.8 Å². The van der Waals surface area contributed by atoms with Crippen LogP contribution in [0.3, 0.4) is 0 Å². The van der Waals surface area contributed by atoms with Gasteiger partial charge >= 0.3 is 11.9 Å². The van der Waals surface area contributed by atoms with E-state index in [-0.39, 0.29) is 26.1 Å². The summed E-state index contributed by atoms with van der Waals surface area (Å²) >= 11 is 0. The normalized spacial score (nSPS) is 14.4. The van der Waals surface area contributed by atoms with Crippen LogP contribution in [0.25, 0.3) is 0 Å². The van der Waals surface area contributed by atoms with Crippen molar-refractivity contribution in [1.82, 2.24) is 0 Å². The van der Waals surface area contributed by atoms with Crippen LogP contribution < -0.4 is 4.89 Å². The molecule has 2 unspecified atom stereocenters. The van der Waals surface area contributed by atoms with Gasteiger partial charge in [0.1, 0.15) is 19.8 Å². The monoisotopic (exact) mass is 737 g/mol. The fraction of sp³-hybridized carbons (Fsp3) is 0.707. The zero-order valence-electron chi connectivity index (χ0n) is 32.8. The highest BCUT2D eigenvalue weighted by molar-refractivity contribution is 7.45. The maximum Gasteiger partial charge on any atom is 0.306 e. The fourth-order valence-electron chi connectivity index (χ4n) is 4.72. The number of hydrogen-bond acceptors (Lipinski definition) is 8. The van der Waals surface area contributed by atoms with Crippen LogP contribution in [-0.4, -0.2) is 70.0 Å². The number of unbranched alkanes of at least 4 members (excludes halogenated alkanes) is 10. The molecule has 294 valence electrons. The van der Waals surface area contributed by atoms with Gasteiger partial charge in [0.15, 0.2) is 6.10 Å². The number of quaternary nitrogens is 1. The van der Waals surface area contributed by atoms with Crippen molar-refractivity contribution >= 4 is 19.8 Å². The molecule has 0 aromatic rings. The maximum atomic E-state index is 12.6. The van der Waals surface area contributed by atoms with Crippen molar-refractivity contribution in [3.8, 4) is 0 Å². The molecule has 0 amide bonds. The number of likely N-dealkylation sites (N-methyl/N-ethyl adjacent to an activating group) is 1. The van der Waals surface area contributed by atoms with Crippen molar-refractivity contribution in [2.45, 2.75) is 142 Å². The Morgan fingerprint density at radius 1 is 0.627 bits per heavy atom. The number of hydrogen-bond donors (Lipinski definition) is 0. The minimum Gasteiger partial charge on any atom is -0.756 e. The topological polar surface area (TPSA) is 111 Å². The minimum absolute atomic E-state index is 0.0465. The van der Waals surface area contributed by atoms with Crippen molar-refractivity contribution in [1.29, 1.82) is 0 Å². The van der Waals surface area contributed by atoms with E-state index >= 15 is 0 Å². The van der Waals surface area contributed by atoms with Gasteiger partial charge in [0.2, 0.25) is 0 Å². The largest absolute Gasteiger partial charge is 0.756 e. The molecular formula is C41H72NO8P. The van der Waals surface area contributed by atoms with E-state index in [1.807, 2.05) is 33.3 Å². The molecule has 0 aromatic heterocycles. The first kappa shape index (κ1) is 48.7. The van der Waals surface area contributed by atoms with Gasteiger partial charge in [-0.2, -0.15) is 0 Å². The number of phosphoric acid groups is 1. The van der Waals surface area contributed by atoms with E-state index in [9.17, 15) is 19.0 Å². The quantitative estimate of drug-likeness (QED) is 0.0211. The molecule has 2 atom stereocenters. The lowest BCUT2D eigenvalue weighted by molar-refractivity contribution is -0.870. The Morgan fingerprint density at radius 3 is 1.75 bits per heavy atom. The summed E-state index contributed by atoms with van der Waals surface area (Å²) in [5, 5.41) is 0. The highest BCUT2D eigenvalue weighted by Crippen LogP contribution is 2.38. The van der Waals surface area contributed by atoms with Gasteiger partial charge in [-0.05, 0) is 64.2 Å². The number of carbonyl (C=O) groups is 2. The molecule has 0 aromatic carbocycles. The highest BCUT2D eigenvalue weighted by atomic mass is 31.2. The second-order valence-corrected chi connectivity index (χ2v) is 15.3. The number of allylic oxidation sites excluding steroid dienone is 10. The molecule has 0 aliphatic rings. The molecule has 0 N–H and O–H groups in total. The molecular weight excluding hydrogens is 665 g/mol. The molecule has 0 rings (SSSR count). The Morgan fingerprint density at radius 2 is 1.16 bits per heavy atom. The van der Waals surface area contributed by atoms with Crippen molar-refractivity contribution in [3.63, 3.8) is 0 Å². The molecule has 0 heterocycles. The Labute approximate surface area is 311 Å². The molecule has 9 nitrogen and oxygen atoms in total. The third-order valence-corrected chi connectivity index (χ3v) is 8.75. The van der Waals surface area contributed by atoms with Crippen LogP contribution in [0.1, 0.15) is 136 Å².